The van der Waals surface area contributed by atoms with Gasteiger partial charge in [-0.05, 0) is 49.1 Å². The molecule has 0 fully saturated rings. The van der Waals surface area contributed by atoms with Gasteiger partial charge in [-0.3, -0.25) is 4.68 Å². The van der Waals surface area contributed by atoms with Crippen LogP contribution in [0, 0.1) is 5.92 Å². The maximum Gasteiger partial charge on any atom is 0.0627 e. The van der Waals surface area contributed by atoms with Crippen molar-refractivity contribution in [1.29, 1.82) is 0 Å². The van der Waals surface area contributed by atoms with E-state index in [2.05, 4.69) is 42.5 Å². The summed E-state index contributed by atoms with van der Waals surface area (Å²) in [6.07, 6.45) is 4.03. The van der Waals surface area contributed by atoms with Crippen LogP contribution in [0.25, 0.3) is 0 Å². The summed E-state index contributed by atoms with van der Waals surface area (Å²) in [4.78, 5) is 0. The average Bonchev–Trinajstić information content (AvgIpc) is 2.84. The van der Waals surface area contributed by atoms with Gasteiger partial charge in [0, 0.05) is 24.3 Å². The molecule has 0 radical (unpaired) electrons. The zero-order valence-electron chi connectivity index (χ0n) is 13.0. The molecule has 1 aromatic heterocycles. The van der Waals surface area contributed by atoms with Gasteiger partial charge in [-0.2, -0.15) is 5.10 Å². The number of nitrogens with one attached hydrogen (secondary N) is 1. The zero-order valence-corrected chi connectivity index (χ0v) is 13.8. The summed E-state index contributed by atoms with van der Waals surface area (Å²) in [6, 6.07) is 10.8. The Morgan fingerprint density at radius 1 is 1.14 bits per heavy atom. The Bertz CT molecular complexity index is 545. The van der Waals surface area contributed by atoms with E-state index in [4.69, 9.17) is 11.6 Å². The lowest BCUT2D eigenvalue weighted by Gasteiger charge is -2.18. The first kappa shape index (κ1) is 16.1. The minimum atomic E-state index is 0.501. The van der Waals surface area contributed by atoms with Crippen molar-refractivity contribution in [2.24, 2.45) is 13.0 Å². The summed E-state index contributed by atoms with van der Waals surface area (Å²) < 4.78 is 1.87. The van der Waals surface area contributed by atoms with Gasteiger partial charge in [0.25, 0.3) is 0 Å². The van der Waals surface area contributed by atoms with E-state index in [1.54, 1.807) is 0 Å². The lowest BCUT2D eigenvalue weighted by molar-refractivity contribution is 0.439. The highest BCUT2D eigenvalue weighted by molar-refractivity contribution is 6.30. The Labute approximate surface area is 132 Å². The third kappa shape index (κ3) is 5.52. The number of halogens is 1. The van der Waals surface area contributed by atoms with Crippen LogP contribution in [-0.4, -0.2) is 22.4 Å². The first-order valence-electron chi connectivity index (χ1n) is 7.49. The number of nitrogens with zero attached hydrogens (tertiary/aromatic N) is 2. The molecule has 1 heterocycles. The van der Waals surface area contributed by atoms with Crippen LogP contribution >= 0.6 is 11.6 Å². The maximum absolute atomic E-state index is 5.96. The van der Waals surface area contributed by atoms with Gasteiger partial charge in [-0.25, -0.2) is 0 Å². The lowest BCUT2D eigenvalue weighted by atomic mass is 9.94. The first-order chi connectivity index (χ1) is 10.0. The van der Waals surface area contributed by atoms with Crippen molar-refractivity contribution in [3.05, 3.63) is 52.8 Å². The Morgan fingerprint density at radius 2 is 1.86 bits per heavy atom. The van der Waals surface area contributed by atoms with Gasteiger partial charge >= 0.3 is 0 Å². The molecule has 1 atom stereocenters. The van der Waals surface area contributed by atoms with E-state index in [1.807, 2.05) is 30.1 Å². The van der Waals surface area contributed by atoms with Crippen LogP contribution in [0.15, 0.2) is 36.5 Å². The van der Waals surface area contributed by atoms with Crippen LogP contribution in [0.2, 0.25) is 5.02 Å². The second-order valence-corrected chi connectivity index (χ2v) is 6.38. The second kappa shape index (κ2) is 7.62. The van der Waals surface area contributed by atoms with Gasteiger partial charge in [0.05, 0.1) is 5.69 Å². The number of hydrogen-bond acceptors (Lipinski definition) is 2. The standard InChI is InChI=1S/C17H24ClN3/c1-13(2)19-12-15(11-17-8-9-21(3)20-17)10-14-4-6-16(18)7-5-14/h4-9,13,15,19H,10-12H2,1-3H3. The van der Waals surface area contributed by atoms with Gasteiger partial charge in [0.2, 0.25) is 0 Å². The summed E-state index contributed by atoms with van der Waals surface area (Å²) in [5.74, 6) is 0.531. The summed E-state index contributed by atoms with van der Waals surface area (Å²) in [5.41, 5.74) is 2.48. The molecule has 2 aromatic rings. The predicted octanol–water partition coefficient (Wildman–Crippen LogP) is 3.47. The van der Waals surface area contributed by atoms with E-state index in [0.29, 0.717) is 12.0 Å². The van der Waals surface area contributed by atoms with Crippen molar-refractivity contribution in [3.63, 3.8) is 0 Å². The summed E-state index contributed by atoms with van der Waals surface area (Å²) >= 11 is 5.96. The first-order valence-corrected chi connectivity index (χ1v) is 7.87. The van der Waals surface area contributed by atoms with Crippen molar-refractivity contribution in [2.75, 3.05) is 6.54 Å². The Kier molecular flexibility index (Phi) is 5.83. The molecule has 21 heavy (non-hydrogen) atoms. The molecular weight excluding hydrogens is 282 g/mol. The molecule has 0 amide bonds. The van der Waals surface area contributed by atoms with Gasteiger partial charge in [0.1, 0.15) is 0 Å². The molecule has 0 aliphatic carbocycles. The molecule has 0 aliphatic rings. The Morgan fingerprint density at radius 3 is 2.43 bits per heavy atom. The van der Waals surface area contributed by atoms with Gasteiger partial charge in [-0.15, -0.1) is 0 Å². The van der Waals surface area contributed by atoms with Crippen molar-refractivity contribution < 1.29 is 0 Å². The molecule has 4 heteroatoms. The van der Waals surface area contributed by atoms with Gasteiger partial charge < -0.3 is 5.32 Å². The molecule has 0 aliphatic heterocycles. The van der Waals surface area contributed by atoms with Crippen molar-refractivity contribution in [1.82, 2.24) is 15.1 Å². The van der Waals surface area contributed by atoms with Crippen molar-refractivity contribution >= 4 is 11.6 Å². The van der Waals surface area contributed by atoms with Crippen LogP contribution in [0.3, 0.4) is 0 Å². The molecule has 114 valence electrons. The molecular formula is C17H24ClN3. The second-order valence-electron chi connectivity index (χ2n) is 5.94. The third-order valence-corrected chi connectivity index (χ3v) is 3.77. The van der Waals surface area contributed by atoms with Crippen molar-refractivity contribution in [3.8, 4) is 0 Å². The number of aryl methyl sites for hydroxylation is 1. The highest BCUT2D eigenvalue weighted by atomic mass is 35.5. The summed E-state index contributed by atoms with van der Waals surface area (Å²) in [7, 11) is 1.96. The molecule has 1 aromatic carbocycles. The minimum absolute atomic E-state index is 0.501. The van der Waals surface area contributed by atoms with E-state index in [0.717, 1.165) is 30.1 Å². The van der Waals surface area contributed by atoms with Gasteiger partial charge in [0.15, 0.2) is 0 Å². The highest BCUT2D eigenvalue weighted by Crippen LogP contribution is 2.16. The zero-order chi connectivity index (χ0) is 15.2. The van der Waals surface area contributed by atoms with Gasteiger partial charge in [-0.1, -0.05) is 37.6 Å². The van der Waals surface area contributed by atoms with Crippen LogP contribution in [0.1, 0.15) is 25.1 Å². The fraction of sp³-hybridized carbons (Fsp3) is 0.471. The number of hydrogen-bond donors (Lipinski definition) is 1. The van der Waals surface area contributed by atoms with E-state index in [9.17, 15) is 0 Å². The molecule has 1 unspecified atom stereocenters. The van der Waals surface area contributed by atoms with Crippen LogP contribution < -0.4 is 5.32 Å². The SMILES string of the molecule is CC(C)NCC(Cc1ccc(Cl)cc1)Cc1ccn(C)n1. The molecule has 0 spiro atoms. The summed E-state index contributed by atoms with van der Waals surface area (Å²) in [5, 5.41) is 8.84. The minimum Gasteiger partial charge on any atom is -0.314 e. The Hall–Kier alpha value is -1.32. The number of aromatic nitrogens is 2. The molecule has 1 N–H and O–H groups in total. The topological polar surface area (TPSA) is 29.9 Å². The largest absolute Gasteiger partial charge is 0.314 e. The van der Waals surface area contributed by atoms with E-state index in [1.165, 1.54) is 5.56 Å². The smallest absolute Gasteiger partial charge is 0.0627 e. The molecule has 3 nitrogen and oxygen atoms in total. The summed E-state index contributed by atoms with van der Waals surface area (Å²) in [6.45, 7) is 5.36. The predicted molar refractivity (Wildman–Crippen MR) is 88.7 cm³/mol. The highest BCUT2D eigenvalue weighted by Gasteiger charge is 2.13. The quantitative estimate of drug-likeness (QED) is 0.849. The molecule has 0 bridgehead atoms. The molecule has 0 saturated heterocycles. The average molecular weight is 306 g/mol. The fourth-order valence-electron chi connectivity index (χ4n) is 2.44. The van der Waals surface area contributed by atoms with E-state index in [-0.39, 0.29) is 0 Å². The maximum atomic E-state index is 5.96. The van der Waals surface area contributed by atoms with Crippen molar-refractivity contribution in [2.45, 2.75) is 32.7 Å². The van der Waals surface area contributed by atoms with Crippen LogP contribution in [-0.2, 0) is 19.9 Å². The molecule has 2 rings (SSSR count). The van der Waals surface area contributed by atoms with E-state index >= 15 is 0 Å². The van der Waals surface area contributed by atoms with Crippen LogP contribution in [0.4, 0.5) is 0 Å². The third-order valence-electron chi connectivity index (χ3n) is 3.52. The number of benzene rings is 1. The lowest BCUT2D eigenvalue weighted by Crippen LogP contribution is -2.31. The number of rotatable bonds is 7. The monoisotopic (exact) mass is 305 g/mol. The fourth-order valence-corrected chi connectivity index (χ4v) is 2.57. The van der Waals surface area contributed by atoms with E-state index < -0.39 is 0 Å². The Balaban J connectivity index is 2.02. The normalized spacial score (nSPS) is 12.8. The molecule has 0 saturated carbocycles. The van der Waals surface area contributed by atoms with Crippen LogP contribution in [0.5, 0.6) is 0 Å².